The van der Waals surface area contributed by atoms with Crippen LogP contribution in [0.15, 0.2) is 18.2 Å². The SMILES string of the molecule is CCCCCCCCCCC[CH2][Sn][CH2][C@@H](NC(C)=O)C(=O)N1CCN(c2ccc(N3CC(CNC(C)=O)OC3=O)cc2F)CC1. The van der Waals surface area contributed by atoms with Crippen LogP contribution in [-0.4, -0.2) is 101 Å². The fourth-order valence-electron chi connectivity index (χ4n) is 5.83. The summed E-state index contributed by atoms with van der Waals surface area (Å²) in [7, 11) is 0. The number of ether oxygens (including phenoxy) is 1. The van der Waals surface area contributed by atoms with Gasteiger partial charge in [-0.15, -0.1) is 0 Å². The molecule has 2 fully saturated rings. The molecule has 12 heteroatoms. The third kappa shape index (κ3) is 12.6. The average Bonchev–Trinajstić information content (AvgIpc) is 3.39. The molecule has 0 bridgehead atoms. The summed E-state index contributed by atoms with van der Waals surface area (Å²) in [4.78, 5) is 53.8. The number of halogens is 1. The van der Waals surface area contributed by atoms with Gasteiger partial charge in [-0.2, -0.15) is 0 Å². The Bertz CT molecular complexity index is 1120. The Kier molecular flexibility index (Phi) is 16.3. The van der Waals surface area contributed by atoms with Gasteiger partial charge in [0.25, 0.3) is 0 Å². The van der Waals surface area contributed by atoms with Crippen LogP contribution in [0, 0.1) is 5.82 Å². The number of hydrogen-bond donors (Lipinski definition) is 2. The zero-order valence-electron chi connectivity index (χ0n) is 27.4. The van der Waals surface area contributed by atoms with Crippen LogP contribution in [0.1, 0.15) is 85.0 Å². The van der Waals surface area contributed by atoms with Crippen LogP contribution in [0.3, 0.4) is 0 Å². The van der Waals surface area contributed by atoms with E-state index in [1.54, 1.807) is 17.0 Å². The Morgan fingerprint density at radius 1 is 0.956 bits per heavy atom. The second-order valence-corrected chi connectivity index (χ2v) is 16.2. The van der Waals surface area contributed by atoms with Crippen molar-refractivity contribution in [3.8, 4) is 0 Å². The number of carbonyl (C=O) groups is 4. The predicted molar refractivity (Wildman–Crippen MR) is 176 cm³/mol. The van der Waals surface area contributed by atoms with Gasteiger partial charge in [0.15, 0.2) is 0 Å². The summed E-state index contributed by atoms with van der Waals surface area (Å²) in [6.07, 6.45) is 12.1. The van der Waals surface area contributed by atoms with Crippen LogP contribution in [0.2, 0.25) is 8.87 Å². The number of nitrogens with zero attached hydrogens (tertiary/aromatic N) is 3. The van der Waals surface area contributed by atoms with Gasteiger partial charge in [0.2, 0.25) is 5.91 Å². The number of rotatable bonds is 19. The molecule has 2 atom stereocenters. The van der Waals surface area contributed by atoms with E-state index in [2.05, 4.69) is 17.6 Å². The summed E-state index contributed by atoms with van der Waals surface area (Å²) in [6.45, 7) is 7.35. The van der Waals surface area contributed by atoms with Gasteiger partial charge in [-0.05, 0) is 0 Å². The Labute approximate surface area is 278 Å². The van der Waals surface area contributed by atoms with Gasteiger partial charge in [-0.25, -0.2) is 4.79 Å². The maximum atomic E-state index is 15.2. The minimum atomic E-state index is -0.776. The summed E-state index contributed by atoms with van der Waals surface area (Å²) in [5.74, 6) is -0.892. The van der Waals surface area contributed by atoms with Crippen molar-refractivity contribution >= 4 is 56.3 Å². The van der Waals surface area contributed by atoms with Crippen molar-refractivity contribution in [1.29, 1.82) is 0 Å². The van der Waals surface area contributed by atoms with E-state index in [1.807, 2.05) is 4.90 Å². The van der Waals surface area contributed by atoms with Crippen LogP contribution in [-0.2, 0) is 19.1 Å². The molecule has 0 spiro atoms. The molecule has 1 aromatic rings. The molecule has 2 saturated heterocycles. The number of carbonyl (C=O) groups excluding carboxylic acids is 4. The fourth-order valence-corrected chi connectivity index (χ4v) is 9.46. The third-order valence-electron chi connectivity index (χ3n) is 8.36. The predicted octanol–water partition coefficient (Wildman–Crippen LogP) is 4.90. The van der Waals surface area contributed by atoms with Crippen molar-refractivity contribution in [3.63, 3.8) is 0 Å². The average molecular weight is 737 g/mol. The summed E-state index contributed by atoms with van der Waals surface area (Å²) in [5.41, 5.74) is 0.804. The second kappa shape index (κ2) is 19.8. The van der Waals surface area contributed by atoms with Crippen LogP contribution in [0.25, 0.3) is 0 Å². The zero-order chi connectivity index (χ0) is 32.6. The number of piperazine rings is 1. The molecule has 2 heterocycles. The first kappa shape index (κ1) is 36.9. The van der Waals surface area contributed by atoms with E-state index in [-0.39, 0.29) is 30.8 Å². The molecule has 0 aromatic heterocycles. The molecular weight excluding hydrogens is 684 g/mol. The molecule has 4 amide bonds. The summed E-state index contributed by atoms with van der Waals surface area (Å²) in [6, 6.07) is 4.19. The number of benzene rings is 1. The van der Waals surface area contributed by atoms with Crippen molar-refractivity contribution < 1.29 is 28.3 Å². The van der Waals surface area contributed by atoms with Gasteiger partial charge in [-0.1, -0.05) is 0 Å². The monoisotopic (exact) mass is 737 g/mol. The standard InChI is InChI=1S/C21H27FN5O5.C12H25.Sn/c1-13(24-15(3)29)20(30)26-8-6-25(7-9-26)19-5-4-16(10-18(19)22)27-12-17(32-21(27)31)11-23-14(2)28;1-3-5-7-9-11-12-10-8-6-4-2;/h4-5,10,13,17H,1,6-9,11-12H2,2-3H3,(H,23,28)(H,24,29);1,3-12H2,2H3;/t13-,17?;;/m1../s1. The topological polar surface area (TPSA) is 111 Å². The number of amides is 4. The van der Waals surface area contributed by atoms with Crippen LogP contribution < -0.4 is 20.4 Å². The molecule has 0 saturated carbocycles. The zero-order valence-corrected chi connectivity index (χ0v) is 30.2. The molecule has 0 aliphatic carbocycles. The normalized spacial score (nSPS) is 17.3. The quantitative estimate of drug-likeness (QED) is 0.155. The van der Waals surface area contributed by atoms with Crippen LogP contribution in [0.5, 0.6) is 0 Å². The molecule has 3 rings (SSSR count). The minimum absolute atomic E-state index is 0.0361. The van der Waals surface area contributed by atoms with Crippen molar-refractivity contribution in [2.24, 2.45) is 0 Å². The third-order valence-corrected chi connectivity index (χ3v) is 12.4. The van der Waals surface area contributed by atoms with Crippen molar-refractivity contribution in [2.75, 3.05) is 49.1 Å². The molecule has 2 radical (unpaired) electrons. The number of nitrogens with one attached hydrogen (secondary N) is 2. The van der Waals surface area contributed by atoms with Gasteiger partial charge < -0.3 is 10.1 Å². The van der Waals surface area contributed by atoms with E-state index >= 15 is 4.39 Å². The molecule has 2 aliphatic heterocycles. The Morgan fingerprint density at radius 3 is 2.20 bits per heavy atom. The van der Waals surface area contributed by atoms with Crippen molar-refractivity contribution in [3.05, 3.63) is 24.0 Å². The number of unbranched alkanes of at least 4 members (excludes halogenated alkanes) is 9. The van der Waals surface area contributed by atoms with Gasteiger partial charge in [0.1, 0.15) is 6.10 Å². The Balaban J connectivity index is 1.41. The van der Waals surface area contributed by atoms with Gasteiger partial charge in [-0.3, -0.25) is 4.79 Å². The Morgan fingerprint density at radius 2 is 1.60 bits per heavy atom. The van der Waals surface area contributed by atoms with E-state index in [0.29, 0.717) is 37.6 Å². The molecule has 1 unspecified atom stereocenters. The fraction of sp³-hybridized carbons (Fsp3) is 0.697. The number of hydrogen-bond acceptors (Lipinski definition) is 6. The number of cyclic esters (lactones) is 1. The summed E-state index contributed by atoms with van der Waals surface area (Å²) >= 11 is -0.776. The molecule has 10 nitrogen and oxygen atoms in total. The van der Waals surface area contributed by atoms with Crippen LogP contribution >= 0.6 is 0 Å². The van der Waals surface area contributed by atoms with Crippen LogP contribution in [0.4, 0.5) is 20.6 Å². The van der Waals surface area contributed by atoms with Gasteiger partial charge in [0.05, 0.1) is 13.1 Å². The first-order valence-electron chi connectivity index (χ1n) is 16.7. The first-order valence-corrected chi connectivity index (χ1v) is 20.8. The maximum absolute atomic E-state index is 15.2. The molecule has 45 heavy (non-hydrogen) atoms. The van der Waals surface area contributed by atoms with Crippen molar-refractivity contribution in [1.82, 2.24) is 15.5 Å². The van der Waals surface area contributed by atoms with Gasteiger partial charge >= 0.3 is 228 Å². The van der Waals surface area contributed by atoms with E-state index in [9.17, 15) is 19.2 Å². The second-order valence-electron chi connectivity index (χ2n) is 12.1. The summed E-state index contributed by atoms with van der Waals surface area (Å²) in [5, 5.41) is 5.53. The van der Waals surface area contributed by atoms with E-state index in [1.165, 1.54) is 93.5 Å². The number of anilines is 2. The molecule has 1 aromatic carbocycles. The molecule has 250 valence electrons. The van der Waals surface area contributed by atoms with E-state index in [4.69, 9.17) is 4.74 Å². The van der Waals surface area contributed by atoms with Crippen molar-refractivity contribution in [2.45, 2.75) is 106 Å². The Hall–Kier alpha value is -2.57. The summed E-state index contributed by atoms with van der Waals surface area (Å²) < 4.78 is 22.5. The van der Waals surface area contributed by atoms with E-state index in [0.717, 1.165) is 4.44 Å². The molecule has 2 aliphatic rings. The molecule has 2 N–H and O–H groups in total. The first-order chi connectivity index (χ1) is 21.7. The molecular formula is C33H52FN5O5Sn. The van der Waals surface area contributed by atoms with E-state index < -0.39 is 45.2 Å². The van der Waals surface area contributed by atoms with Gasteiger partial charge in [0, 0.05) is 6.92 Å².